The largest absolute Gasteiger partial charge is 0.458 e. The average Bonchev–Trinajstić information content (AvgIpc) is 3.49. The molecule has 0 unspecified atom stereocenters. The van der Waals surface area contributed by atoms with Gasteiger partial charge in [-0.05, 0) is 61.6 Å². The van der Waals surface area contributed by atoms with Gasteiger partial charge in [-0.2, -0.15) is 4.31 Å². The molecule has 3 rings (SSSR count). The number of hydrogen-bond acceptors (Lipinski definition) is 10. The molecule has 0 radical (unpaired) electrons. The first-order chi connectivity index (χ1) is 21.0. The second-order valence-corrected chi connectivity index (χ2v) is 13.4. The lowest BCUT2D eigenvalue weighted by Gasteiger charge is -2.33. The van der Waals surface area contributed by atoms with E-state index < -0.39 is 46.4 Å². The number of nitrogens with two attached hydrogens (primary N) is 3. The van der Waals surface area contributed by atoms with Crippen LogP contribution in [0.4, 0.5) is 10.5 Å². The van der Waals surface area contributed by atoms with E-state index in [1.165, 1.54) is 28.6 Å². The Bertz CT molecular complexity index is 1270. The van der Waals surface area contributed by atoms with Crippen LogP contribution in [0.2, 0.25) is 0 Å². The Morgan fingerprint density at radius 3 is 2.39 bits per heavy atom. The summed E-state index contributed by atoms with van der Waals surface area (Å²) in [4.78, 5) is 26.5. The minimum atomic E-state index is -4.05. The SMILES string of the molecule is CC(C)CN(C[C@@H](OC(=O)[C@@H](N)CCCCN)[C@H](Cc1ccccc1)NC(=O)O[C@H]1CCOC1)S(=O)(=O)c1ccc(N)cc1. The van der Waals surface area contributed by atoms with Crippen LogP contribution in [-0.4, -0.2) is 81.9 Å². The van der Waals surface area contributed by atoms with Gasteiger partial charge < -0.3 is 36.7 Å². The van der Waals surface area contributed by atoms with E-state index in [1.807, 2.05) is 44.2 Å². The molecule has 0 aliphatic carbocycles. The van der Waals surface area contributed by atoms with Crippen molar-refractivity contribution in [1.82, 2.24) is 9.62 Å². The number of rotatable bonds is 17. The summed E-state index contributed by atoms with van der Waals surface area (Å²) in [6.07, 6.45) is 0.231. The summed E-state index contributed by atoms with van der Waals surface area (Å²) in [5, 5.41) is 2.86. The molecule has 0 spiro atoms. The fourth-order valence-corrected chi connectivity index (χ4v) is 6.48. The normalized spacial score (nSPS) is 17.3. The van der Waals surface area contributed by atoms with Gasteiger partial charge in [-0.15, -0.1) is 0 Å². The molecule has 1 aliphatic rings. The summed E-state index contributed by atoms with van der Waals surface area (Å²) in [6, 6.07) is 13.4. The third kappa shape index (κ3) is 11.0. The second kappa shape index (κ2) is 17.3. The smallest absolute Gasteiger partial charge is 0.407 e. The summed E-state index contributed by atoms with van der Waals surface area (Å²) < 4.78 is 46.0. The van der Waals surface area contributed by atoms with Gasteiger partial charge in [0.2, 0.25) is 10.0 Å². The number of nitrogens with one attached hydrogen (secondary N) is 1. The van der Waals surface area contributed by atoms with E-state index in [4.69, 9.17) is 31.4 Å². The number of sulfonamides is 1. The fraction of sp³-hybridized carbons (Fsp3) is 0.548. The molecule has 2 aromatic carbocycles. The zero-order chi connectivity index (χ0) is 32.1. The van der Waals surface area contributed by atoms with Gasteiger partial charge in [-0.3, -0.25) is 4.79 Å². The fourth-order valence-electron chi connectivity index (χ4n) is 4.86. The van der Waals surface area contributed by atoms with E-state index in [0.717, 1.165) is 5.56 Å². The number of amides is 1. The first-order valence-corrected chi connectivity index (χ1v) is 16.5. The van der Waals surface area contributed by atoms with E-state index in [-0.39, 0.29) is 36.9 Å². The molecule has 1 fully saturated rings. The van der Waals surface area contributed by atoms with Gasteiger partial charge in [-0.25, -0.2) is 13.2 Å². The predicted octanol–water partition coefficient (Wildman–Crippen LogP) is 2.41. The number of hydrogen-bond donors (Lipinski definition) is 4. The summed E-state index contributed by atoms with van der Waals surface area (Å²) >= 11 is 0. The van der Waals surface area contributed by atoms with Crippen molar-refractivity contribution >= 4 is 27.8 Å². The molecule has 0 bridgehead atoms. The number of nitrogens with zero attached hydrogens (tertiary/aromatic N) is 1. The van der Waals surface area contributed by atoms with Gasteiger partial charge in [0.1, 0.15) is 18.2 Å². The summed E-state index contributed by atoms with van der Waals surface area (Å²) in [5.74, 6) is -0.764. The summed E-state index contributed by atoms with van der Waals surface area (Å²) in [5.41, 5.74) is 18.9. The van der Waals surface area contributed by atoms with E-state index in [2.05, 4.69) is 5.32 Å². The standard InChI is InChI=1S/C31H47N5O7S/c1-22(2)19-36(44(39,40)26-13-11-24(33)12-14-26)20-29(43-30(37)27(34)10-6-7-16-32)28(18-23-8-4-3-5-9-23)35-31(38)42-25-15-17-41-21-25/h3-5,8-9,11-14,22,25,27-29H,6-7,10,15-21,32-34H2,1-2H3,(H,35,38)/t25-,27-,28-,29+/m0/s1. The molecule has 0 aromatic heterocycles. The summed E-state index contributed by atoms with van der Waals surface area (Å²) in [6.45, 7) is 4.91. The molecule has 13 heteroatoms. The highest BCUT2D eigenvalue weighted by molar-refractivity contribution is 7.89. The Morgan fingerprint density at radius 2 is 1.77 bits per heavy atom. The van der Waals surface area contributed by atoms with Crippen LogP contribution in [-0.2, 0) is 35.4 Å². The van der Waals surface area contributed by atoms with Gasteiger partial charge in [0.05, 0.1) is 30.7 Å². The van der Waals surface area contributed by atoms with Crippen LogP contribution in [0.5, 0.6) is 0 Å². The molecule has 44 heavy (non-hydrogen) atoms. The van der Waals surface area contributed by atoms with Crippen molar-refractivity contribution in [2.75, 3.05) is 38.6 Å². The Hall–Kier alpha value is -3.23. The van der Waals surface area contributed by atoms with Crippen LogP contribution in [0.15, 0.2) is 59.5 Å². The minimum absolute atomic E-state index is 0.0455. The molecule has 1 aliphatic heterocycles. The van der Waals surface area contributed by atoms with Crippen molar-refractivity contribution in [2.45, 2.75) is 75.1 Å². The highest BCUT2D eigenvalue weighted by atomic mass is 32.2. The Labute approximate surface area is 260 Å². The van der Waals surface area contributed by atoms with E-state index >= 15 is 0 Å². The highest BCUT2D eigenvalue weighted by Crippen LogP contribution is 2.22. The molecule has 1 saturated heterocycles. The van der Waals surface area contributed by atoms with Gasteiger partial charge in [0.15, 0.2) is 0 Å². The number of ether oxygens (including phenoxy) is 3. The number of unbranched alkanes of at least 4 members (excludes halogenated alkanes) is 1. The van der Waals surface area contributed by atoms with Gasteiger partial charge >= 0.3 is 12.1 Å². The van der Waals surface area contributed by atoms with Gasteiger partial charge in [0, 0.05) is 18.7 Å². The maximum Gasteiger partial charge on any atom is 0.407 e. The molecule has 244 valence electrons. The third-order valence-electron chi connectivity index (χ3n) is 7.22. The van der Waals surface area contributed by atoms with Crippen molar-refractivity contribution < 1.29 is 32.2 Å². The lowest BCUT2D eigenvalue weighted by atomic mass is 10.0. The number of alkyl carbamates (subject to hydrolysis) is 1. The molecule has 1 heterocycles. The van der Waals surface area contributed by atoms with E-state index in [0.29, 0.717) is 44.5 Å². The number of nitrogen functional groups attached to an aromatic ring is 1. The van der Waals surface area contributed by atoms with Crippen molar-refractivity contribution in [1.29, 1.82) is 0 Å². The number of anilines is 1. The number of esters is 1. The molecule has 4 atom stereocenters. The molecular weight excluding hydrogens is 586 g/mol. The maximum atomic E-state index is 13.9. The second-order valence-electron chi connectivity index (χ2n) is 11.5. The molecule has 7 N–H and O–H groups in total. The number of benzene rings is 2. The molecule has 12 nitrogen and oxygen atoms in total. The zero-order valence-electron chi connectivity index (χ0n) is 25.6. The Morgan fingerprint density at radius 1 is 1.07 bits per heavy atom. The van der Waals surface area contributed by atoms with Gasteiger partial charge in [-0.1, -0.05) is 50.6 Å². The molecular formula is C31H47N5O7S. The molecule has 2 aromatic rings. The van der Waals surface area contributed by atoms with Crippen molar-refractivity contribution in [3.63, 3.8) is 0 Å². The van der Waals surface area contributed by atoms with Crippen LogP contribution in [0, 0.1) is 5.92 Å². The molecule has 1 amide bonds. The predicted molar refractivity (Wildman–Crippen MR) is 168 cm³/mol. The van der Waals surface area contributed by atoms with Crippen molar-refractivity contribution in [3.8, 4) is 0 Å². The van der Waals surface area contributed by atoms with Crippen LogP contribution < -0.4 is 22.5 Å². The average molecular weight is 634 g/mol. The topological polar surface area (TPSA) is 189 Å². The Balaban J connectivity index is 1.98. The van der Waals surface area contributed by atoms with Gasteiger partial charge in [0.25, 0.3) is 0 Å². The third-order valence-corrected chi connectivity index (χ3v) is 9.07. The maximum absolute atomic E-state index is 13.9. The number of carbonyl (C=O) groups excluding carboxylic acids is 2. The first kappa shape index (κ1) is 35.3. The minimum Gasteiger partial charge on any atom is -0.458 e. The van der Waals surface area contributed by atoms with Crippen LogP contribution in [0.25, 0.3) is 0 Å². The Kier molecular flexibility index (Phi) is 13.9. The van der Waals surface area contributed by atoms with Crippen LogP contribution in [0.1, 0.15) is 45.1 Å². The lowest BCUT2D eigenvalue weighted by molar-refractivity contribution is -0.153. The highest BCUT2D eigenvalue weighted by Gasteiger charge is 2.36. The first-order valence-electron chi connectivity index (χ1n) is 15.1. The van der Waals surface area contributed by atoms with Crippen molar-refractivity contribution in [3.05, 3.63) is 60.2 Å². The van der Waals surface area contributed by atoms with E-state index in [1.54, 1.807) is 0 Å². The zero-order valence-corrected chi connectivity index (χ0v) is 26.4. The van der Waals surface area contributed by atoms with Crippen LogP contribution >= 0.6 is 0 Å². The van der Waals surface area contributed by atoms with E-state index in [9.17, 15) is 18.0 Å². The van der Waals surface area contributed by atoms with Crippen molar-refractivity contribution in [2.24, 2.45) is 17.4 Å². The number of carbonyl (C=O) groups is 2. The summed E-state index contributed by atoms with van der Waals surface area (Å²) in [7, 11) is -4.05. The monoisotopic (exact) mass is 633 g/mol. The molecule has 0 saturated carbocycles. The quantitative estimate of drug-likeness (QED) is 0.114. The van der Waals surface area contributed by atoms with Crippen LogP contribution in [0.3, 0.4) is 0 Å². The lowest BCUT2D eigenvalue weighted by Crippen LogP contribution is -2.54.